The minimum Gasteiger partial charge on any atom is -0.0654 e. The normalized spacial score (nSPS) is 35.1. The first-order chi connectivity index (χ1) is 9.33. The molecule has 0 aliphatic heterocycles. The zero-order valence-corrected chi connectivity index (χ0v) is 13.5. The molecule has 0 heteroatoms. The van der Waals surface area contributed by atoms with Crippen molar-refractivity contribution < 1.29 is 0 Å². The molecule has 0 aromatic carbocycles. The summed E-state index contributed by atoms with van der Waals surface area (Å²) in [6.07, 6.45) is 19.7. The number of fused-ring (bicyclic) bond motifs is 1. The summed E-state index contributed by atoms with van der Waals surface area (Å²) in [5.41, 5.74) is 0. The van der Waals surface area contributed by atoms with E-state index >= 15 is 0 Å². The van der Waals surface area contributed by atoms with E-state index in [0.29, 0.717) is 0 Å². The highest BCUT2D eigenvalue weighted by atomic mass is 14.4. The lowest BCUT2D eigenvalue weighted by Crippen LogP contribution is -2.31. The molecule has 4 atom stereocenters. The Hall–Kier alpha value is 0. The zero-order chi connectivity index (χ0) is 13.5. The van der Waals surface area contributed by atoms with Crippen molar-refractivity contribution in [1.29, 1.82) is 0 Å². The van der Waals surface area contributed by atoms with E-state index in [-0.39, 0.29) is 0 Å². The van der Waals surface area contributed by atoms with E-state index < -0.39 is 0 Å². The van der Waals surface area contributed by atoms with Crippen LogP contribution < -0.4 is 0 Å². The van der Waals surface area contributed by atoms with Gasteiger partial charge in [-0.05, 0) is 49.4 Å². The lowest BCUT2D eigenvalue weighted by molar-refractivity contribution is 0.0906. The molecular weight excluding hydrogens is 228 g/mol. The second kappa shape index (κ2) is 8.32. The molecular formula is C19H36. The Morgan fingerprint density at radius 3 is 1.68 bits per heavy atom. The average Bonchev–Trinajstić information content (AvgIpc) is 2.45. The Bertz CT molecular complexity index is 232. The van der Waals surface area contributed by atoms with Crippen LogP contribution in [0.5, 0.6) is 0 Å². The highest BCUT2D eigenvalue weighted by Gasteiger charge is 2.34. The molecule has 2 saturated carbocycles. The molecule has 112 valence electrons. The molecule has 0 aromatic rings. The van der Waals surface area contributed by atoms with Gasteiger partial charge in [0.25, 0.3) is 0 Å². The van der Waals surface area contributed by atoms with Crippen LogP contribution in [0.2, 0.25) is 0 Å². The smallest absolute Gasteiger partial charge is 0.0383 e. The van der Waals surface area contributed by atoms with Crippen LogP contribution in [0.25, 0.3) is 0 Å². The fourth-order valence-corrected chi connectivity index (χ4v) is 4.78. The van der Waals surface area contributed by atoms with E-state index in [0.717, 1.165) is 23.7 Å². The Labute approximate surface area is 121 Å². The van der Waals surface area contributed by atoms with Crippen LogP contribution in [-0.2, 0) is 0 Å². The van der Waals surface area contributed by atoms with Crippen molar-refractivity contribution in [2.45, 2.75) is 97.3 Å². The van der Waals surface area contributed by atoms with E-state index in [2.05, 4.69) is 13.8 Å². The van der Waals surface area contributed by atoms with Gasteiger partial charge >= 0.3 is 0 Å². The van der Waals surface area contributed by atoms with Gasteiger partial charge in [-0.2, -0.15) is 0 Å². The molecule has 0 N–H and O–H groups in total. The monoisotopic (exact) mass is 264 g/mol. The maximum absolute atomic E-state index is 2.34. The maximum atomic E-state index is 2.34. The molecule has 0 bridgehead atoms. The first-order valence-electron chi connectivity index (χ1n) is 9.33. The summed E-state index contributed by atoms with van der Waals surface area (Å²) in [5.74, 6) is 4.44. The SMILES string of the molecule is CCCCC[C@@H]1CC[C@@H]2CC(CCCC)CCC2C1. The van der Waals surface area contributed by atoms with Crippen LogP contribution in [0.4, 0.5) is 0 Å². The summed E-state index contributed by atoms with van der Waals surface area (Å²) < 4.78 is 0. The lowest BCUT2D eigenvalue weighted by atomic mass is 9.63. The number of unbranched alkanes of at least 4 members (excludes halogenated alkanes) is 3. The maximum Gasteiger partial charge on any atom is -0.0383 e. The fourth-order valence-electron chi connectivity index (χ4n) is 4.78. The zero-order valence-electron chi connectivity index (χ0n) is 13.5. The van der Waals surface area contributed by atoms with E-state index in [1.54, 1.807) is 38.5 Å². The van der Waals surface area contributed by atoms with Crippen LogP contribution in [-0.4, -0.2) is 0 Å². The molecule has 19 heavy (non-hydrogen) atoms. The summed E-state index contributed by atoms with van der Waals surface area (Å²) in [4.78, 5) is 0. The van der Waals surface area contributed by atoms with Gasteiger partial charge in [-0.3, -0.25) is 0 Å². The molecule has 2 unspecified atom stereocenters. The largest absolute Gasteiger partial charge is 0.0654 e. The summed E-state index contributed by atoms with van der Waals surface area (Å²) in [7, 11) is 0. The van der Waals surface area contributed by atoms with E-state index in [4.69, 9.17) is 0 Å². The molecule has 2 fully saturated rings. The van der Waals surface area contributed by atoms with Crippen molar-refractivity contribution in [2.24, 2.45) is 23.7 Å². The first-order valence-corrected chi connectivity index (χ1v) is 9.33. The molecule has 0 amide bonds. The lowest BCUT2D eigenvalue weighted by Gasteiger charge is -2.42. The number of hydrogen-bond donors (Lipinski definition) is 0. The van der Waals surface area contributed by atoms with Gasteiger partial charge in [-0.15, -0.1) is 0 Å². The van der Waals surface area contributed by atoms with E-state index in [1.807, 2.05) is 0 Å². The van der Waals surface area contributed by atoms with Crippen LogP contribution in [0.15, 0.2) is 0 Å². The van der Waals surface area contributed by atoms with Crippen molar-refractivity contribution in [3.05, 3.63) is 0 Å². The highest BCUT2D eigenvalue weighted by molar-refractivity contribution is 4.86. The summed E-state index contributed by atoms with van der Waals surface area (Å²) in [6, 6.07) is 0. The molecule has 0 radical (unpaired) electrons. The molecule has 2 rings (SSSR count). The Morgan fingerprint density at radius 1 is 0.632 bits per heavy atom. The van der Waals surface area contributed by atoms with Crippen LogP contribution in [0.3, 0.4) is 0 Å². The third-order valence-electron chi connectivity index (χ3n) is 6.01. The summed E-state index contributed by atoms with van der Waals surface area (Å²) >= 11 is 0. The number of rotatable bonds is 7. The predicted molar refractivity (Wildman–Crippen MR) is 85.3 cm³/mol. The second-order valence-corrected chi connectivity index (χ2v) is 7.52. The van der Waals surface area contributed by atoms with E-state index in [9.17, 15) is 0 Å². The molecule has 2 aliphatic carbocycles. The van der Waals surface area contributed by atoms with Crippen molar-refractivity contribution in [2.75, 3.05) is 0 Å². The quantitative estimate of drug-likeness (QED) is 0.455. The topological polar surface area (TPSA) is 0 Å². The fraction of sp³-hybridized carbons (Fsp3) is 1.00. The Balaban J connectivity index is 1.69. The van der Waals surface area contributed by atoms with Gasteiger partial charge in [0.2, 0.25) is 0 Å². The van der Waals surface area contributed by atoms with Crippen molar-refractivity contribution in [3.8, 4) is 0 Å². The van der Waals surface area contributed by atoms with Gasteiger partial charge in [0, 0.05) is 0 Å². The van der Waals surface area contributed by atoms with Crippen molar-refractivity contribution >= 4 is 0 Å². The third kappa shape index (κ3) is 4.80. The summed E-state index contributed by atoms with van der Waals surface area (Å²) in [6.45, 7) is 4.67. The van der Waals surface area contributed by atoms with E-state index in [1.165, 1.54) is 44.9 Å². The van der Waals surface area contributed by atoms with Gasteiger partial charge in [0.05, 0.1) is 0 Å². The highest BCUT2D eigenvalue weighted by Crippen LogP contribution is 2.46. The van der Waals surface area contributed by atoms with Crippen molar-refractivity contribution in [3.63, 3.8) is 0 Å². The molecule has 0 nitrogen and oxygen atoms in total. The van der Waals surface area contributed by atoms with Gasteiger partial charge < -0.3 is 0 Å². The molecule has 0 spiro atoms. The molecule has 0 saturated heterocycles. The molecule has 0 heterocycles. The van der Waals surface area contributed by atoms with Crippen molar-refractivity contribution in [1.82, 2.24) is 0 Å². The standard InChI is InChI=1S/C19H36/c1-3-5-7-9-17-11-13-18-14-16(8-6-4-2)10-12-19(18)15-17/h16-19H,3-15H2,1-2H3/t16?,17-,18-,19?/m1/s1. The second-order valence-electron chi connectivity index (χ2n) is 7.52. The molecule has 2 aliphatic rings. The number of hydrogen-bond acceptors (Lipinski definition) is 0. The minimum atomic E-state index is 1.10. The Kier molecular flexibility index (Phi) is 6.74. The third-order valence-corrected chi connectivity index (χ3v) is 6.01. The Morgan fingerprint density at radius 2 is 1.16 bits per heavy atom. The van der Waals surface area contributed by atoms with Gasteiger partial charge in [-0.25, -0.2) is 0 Å². The first kappa shape index (κ1) is 15.4. The van der Waals surface area contributed by atoms with Gasteiger partial charge in [-0.1, -0.05) is 71.6 Å². The summed E-state index contributed by atoms with van der Waals surface area (Å²) in [5, 5.41) is 0. The van der Waals surface area contributed by atoms with Crippen LogP contribution >= 0.6 is 0 Å². The van der Waals surface area contributed by atoms with Crippen LogP contribution in [0.1, 0.15) is 97.3 Å². The van der Waals surface area contributed by atoms with Gasteiger partial charge in [0.15, 0.2) is 0 Å². The molecule has 0 aromatic heterocycles. The average molecular weight is 264 g/mol. The van der Waals surface area contributed by atoms with Gasteiger partial charge in [0.1, 0.15) is 0 Å². The minimum absolute atomic E-state index is 1.10. The predicted octanol–water partition coefficient (Wildman–Crippen LogP) is 6.59. The van der Waals surface area contributed by atoms with Crippen LogP contribution in [0, 0.1) is 23.7 Å².